The SMILES string of the molecule is CNCc1nc(C)nc2cc(OC)ccc12. The highest BCUT2D eigenvalue weighted by Gasteiger charge is 2.05. The molecule has 0 radical (unpaired) electrons. The molecule has 2 rings (SSSR count). The molecule has 0 aliphatic heterocycles. The summed E-state index contributed by atoms with van der Waals surface area (Å²) in [5.41, 5.74) is 1.95. The minimum Gasteiger partial charge on any atom is -0.497 e. The lowest BCUT2D eigenvalue weighted by Gasteiger charge is -2.07. The van der Waals surface area contributed by atoms with Crippen molar-refractivity contribution in [2.24, 2.45) is 0 Å². The van der Waals surface area contributed by atoms with Gasteiger partial charge in [0.05, 0.1) is 18.3 Å². The Hall–Kier alpha value is -1.68. The number of benzene rings is 1. The third kappa shape index (κ3) is 1.97. The number of aryl methyl sites for hydroxylation is 1. The van der Waals surface area contributed by atoms with Crippen LogP contribution in [-0.2, 0) is 6.54 Å². The summed E-state index contributed by atoms with van der Waals surface area (Å²) in [5, 5.41) is 4.18. The summed E-state index contributed by atoms with van der Waals surface area (Å²) in [6, 6.07) is 5.86. The smallest absolute Gasteiger partial charge is 0.126 e. The third-order valence-corrected chi connectivity index (χ3v) is 2.44. The standard InChI is InChI=1S/C12H15N3O/c1-8-14-11-6-9(16-3)4-5-10(11)12(15-8)7-13-2/h4-6,13H,7H2,1-3H3. The predicted molar refractivity (Wildman–Crippen MR) is 63.6 cm³/mol. The molecule has 0 saturated carbocycles. The Kier molecular flexibility index (Phi) is 3.01. The van der Waals surface area contributed by atoms with E-state index in [2.05, 4.69) is 15.3 Å². The van der Waals surface area contributed by atoms with Gasteiger partial charge in [-0.25, -0.2) is 9.97 Å². The lowest BCUT2D eigenvalue weighted by Crippen LogP contribution is -2.09. The maximum atomic E-state index is 5.19. The molecule has 0 saturated heterocycles. The maximum absolute atomic E-state index is 5.19. The second-order valence-electron chi connectivity index (χ2n) is 3.63. The average Bonchev–Trinajstić information content (AvgIpc) is 2.28. The van der Waals surface area contributed by atoms with Gasteiger partial charge in [0.15, 0.2) is 0 Å². The van der Waals surface area contributed by atoms with Gasteiger partial charge < -0.3 is 10.1 Å². The van der Waals surface area contributed by atoms with E-state index >= 15 is 0 Å². The van der Waals surface area contributed by atoms with Crippen LogP contribution in [0.3, 0.4) is 0 Å². The molecule has 1 aromatic heterocycles. The van der Waals surface area contributed by atoms with Crippen molar-refractivity contribution >= 4 is 10.9 Å². The molecule has 1 aromatic carbocycles. The number of hydrogen-bond acceptors (Lipinski definition) is 4. The summed E-state index contributed by atoms with van der Waals surface area (Å²) in [4.78, 5) is 8.84. The van der Waals surface area contributed by atoms with Gasteiger partial charge in [0.2, 0.25) is 0 Å². The van der Waals surface area contributed by atoms with Gasteiger partial charge >= 0.3 is 0 Å². The van der Waals surface area contributed by atoms with Gasteiger partial charge in [0.1, 0.15) is 11.6 Å². The van der Waals surface area contributed by atoms with Gasteiger partial charge in [0.25, 0.3) is 0 Å². The summed E-state index contributed by atoms with van der Waals surface area (Å²) in [6.45, 7) is 2.64. The van der Waals surface area contributed by atoms with E-state index in [1.807, 2.05) is 32.2 Å². The minimum absolute atomic E-state index is 0.742. The molecule has 16 heavy (non-hydrogen) atoms. The first-order valence-corrected chi connectivity index (χ1v) is 5.20. The molecular formula is C12H15N3O. The molecule has 0 unspecified atom stereocenters. The normalized spacial score (nSPS) is 10.7. The van der Waals surface area contributed by atoms with Crippen LogP contribution in [0.25, 0.3) is 10.9 Å². The van der Waals surface area contributed by atoms with E-state index in [0.29, 0.717) is 0 Å². The van der Waals surface area contributed by atoms with Crippen LogP contribution in [0.15, 0.2) is 18.2 Å². The van der Waals surface area contributed by atoms with E-state index in [-0.39, 0.29) is 0 Å². The highest BCUT2D eigenvalue weighted by molar-refractivity contribution is 5.82. The van der Waals surface area contributed by atoms with Crippen molar-refractivity contribution in [1.29, 1.82) is 0 Å². The van der Waals surface area contributed by atoms with E-state index in [1.54, 1.807) is 7.11 Å². The van der Waals surface area contributed by atoms with Crippen LogP contribution in [-0.4, -0.2) is 24.1 Å². The second kappa shape index (κ2) is 4.45. The zero-order chi connectivity index (χ0) is 11.5. The Bertz CT molecular complexity index is 511. The number of methoxy groups -OCH3 is 1. The summed E-state index contributed by atoms with van der Waals surface area (Å²) in [5.74, 6) is 1.60. The fourth-order valence-electron chi connectivity index (χ4n) is 1.73. The molecule has 0 spiro atoms. The van der Waals surface area contributed by atoms with Crippen molar-refractivity contribution in [3.8, 4) is 5.75 Å². The zero-order valence-electron chi connectivity index (χ0n) is 9.74. The number of rotatable bonds is 3. The molecule has 0 atom stereocenters. The van der Waals surface area contributed by atoms with Gasteiger partial charge in [-0.3, -0.25) is 0 Å². The molecule has 0 bridgehead atoms. The van der Waals surface area contributed by atoms with Crippen LogP contribution in [0.1, 0.15) is 11.5 Å². The first-order valence-electron chi connectivity index (χ1n) is 5.20. The Morgan fingerprint density at radius 3 is 2.81 bits per heavy atom. The lowest BCUT2D eigenvalue weighted by molar-refractivity contribution is 0.415. The van der Waals surface area contributed by atoms with Gasteiger partial charge in [-0.15, -0.1) is 0 Å². The molecule has 1 heterocycles. The van der Waals surface area contributed by atoms with E-state index in [0.717, 1.165) is 34.7 Å². The summed E-state index contributed by atoms with van der Waals surface area (Å²) >= 11 is 0. The third-order valence-electron chi connectivity index (χ3n) is 2.44. The van der Waals surface area contributed by atoms with Gasteiger partial charge in [0, 0.05) is 18.0 Å². The number of nitrogens with one attached hydrogen (secondary N) is 1. The Balaban J connectivity index is 2.63. The number of fused-ring (bicyclic) bond motifs is 1. The van der Waals surface area contributed by atoms with Crippen LogP contribution >= 0.6 is 0 Å². The average molecular weight is 217 g/mol. The molecule has 0 aliphatic carbocycles. The first-order chi connectivity index (χ1) is 7.74. The van der Waals surface area contributed by atoms with Gasteiger partial charge in [-0.2, -0.15) is 0 Å². The van der Waals surface area contributed by atoms with Crippen LogP contribution in [0, 0.1) is 6.92 Å². The molecular weight excluding hydrogens is 202 g/mol. The van der Waals surface area contributed by atoms with E-state index < -0.39 is 0 Å². The van der Waals surface area contributed by atoms with Crippen molar-refractivity contribution in [1.82, 2.24) is 15.3 Å². The fourth-order valence-corrected chi connectivity index (χ4v) is 1.73. The lowest BCUT2D eigenvalue weighted by atomic mass is 10.1. The van der Waals surface area contributed by atoms with Crippen molar-refractivity contribution in [3.05, 3.63) is 29.7 Å². The molecule has 84 valence electrons. The minimum atomic E-state index is 0.742. The molecule has 0 amide bonds. The van der Waals surface area contributed by atoms with Crippen LogP contribution in [0.2, 0.25) is 0 Å². The second-order valence-corrected chi connectivity index (χ2v) is 3.63. The molecule has 4 nitrogen and oxygen atoms in total. The highest BCUT2D eigenvalue weighted by atomic mass is 16.5. The fraction of sp³-hybridized carbons (Fsp3) is 0.333. The number of nitrogens with zero attached hydrogens (tertiary/aromatic N) is 2. The summed E-state index contributed by atoms with van der Waals surface area (Å²) in [6.07, 6.45) is 0. The Morgan fingerprint density at radius 2 is 2.12 bits per heavy atom. The molecule has 0 fully saturated rings. The largest absolute Gasteiger partial charge is 0.497 e. The van der Waals surface area contributed by atoms with Gasteiger partial charge in [-0.05, 0) is 26.1 Å². The van der Waals surface area contributed by atoms with Crippen LogP contribution in [0.5, 0.6) is 5.75 Å². The maximum Gasteiger partial charge on any atom is 0.126 e. The van der Waals surface area contributed by atoms with E-state index in [4.69, 9.17) is 4.74 Å². The van der Waals surface area contributed by atoms with Crippen molar-refractivity contribution < 1.29 is 4.74 Å². The number of aromatic nitrogens is 2. The summed E-state index contributed by atoms with van der Waals surface area (Å²) < 4.78 is 5.19. The topological polar surface area (TPSA) is 47.0 Å². The molecule has 0 aliphatic rings. The monoisotopic (exact) mass is 217 g/mol. The highest BCUT2D eigenvalue weighted by Crippen LogP contribution is 2.21. The summed E-state index contributed by atoms with van der Waals surface area (Å²) in [7, 11) is 3.57. The van der Waals surface area contributed by atoms with Crippen LogP contribution in [0.4, 0.5) is 0 Å². The molecule has 4 heteroatoms. The van der Waals surface area contributed by atoms with Crippen molar-refractivity contribution in [2.45, 2.75) is 13.5 Å². The predicted octanol–water partition coefficient (Wildman–Crippen LogP) is 1.67. The van der Waals surface area contributed by atoms with Crippen LogP contribution < -0.4 is 10.1 Å². The number of ether oxygens (including phenoxy) is 1. The first kappa shape index (κ1) is 10.8. The number of hydrogen-bond donors (Lipinski definition) is 1. The van der Waals surface area contributed by atoms with E-state index in [9.17, 15) is 0 Å². The zero-order valence-corrected chi connectivity index (χ0v) is 9.74. The Labute approximate surface area is 94.7 Å². The van der Waals surface area contributed by atoms with Gasteiger partial charge in [-0.1, -0.05) is 0 Å². The van der Waals surface area contributed by atoms with E-state index in [1.165, 1.54) is 0 Å². The van der Waals surface area contributed by atoms with Crippen molar-refractivity contribution in [3.63, 3.8) is 0 Å². The quantitative estimate of drug-likeness (QED) is 0.849. The molecule has 1 N–H and O–H groups in total. The molecule has 2 aromatic rings. The van der Waals surface area contributed by atoms with Crippen molar-refractivity contribution in [2.75, 3.05) is 14.2 Å². The Morgan fingerprint density at radius 1 is 1.31 bits per heavy atom.